The molecule has 0 aromatic rings. The summed E-state index contributed by atoms with van der Waals surface area (Å²) >= 11 is 0. The van der Waals surface area contributed by atoms with E-state index in [9.17, 15) is 9.59 Å². The lowest BCUT2D eigenvalue weighted by Gasteiger charge is -2.08. The van der Waals surface area contributed by atoms with Crippen LogP contribution in [-0.2, 0) is 9.53 Å². The van der Waals surface area contributed by atoms with Crippen LogP contribution >= 0.6 is 0 Å². The highest BCUT2D eigenvalue weighted by Gasteiger charge is 2.04. The van der Waals surface area contributed by atoms with Crippen molar-refractivity contribution in [1.29, 1.82) is 0 Å². The first-order valence-corrected chi connectivity index (χ1v) is 5.23. The summed E-state index contributed by atoms with van der Waals surface area (Å²) in [4.78, 5) is 22.0. The van der Waals surface area contributed by atoms with E-state index in [1.54, 1.807) is 6.92 Å². The molecule has 15 heavy (non-hydrogen) atoms. The molecule has 0 fully saturated rings. The molecular formula is C10H20N2O3. The Balaban J connectivity index is 3.38. The van der Waals surface area contributed by atoms with Crippen molar-refractivity contribution in [2.75, 3.05) is 19.7 Å². The number of rotatable bonds is 6. The van der Waals surface area contributed by atoms with Crippen LogP contribution in [0.3, 0.4) is 0 Å². The van der Waals surface area contributed by atoms with Crippen molar-refractivity contribution < 1.29 is 14.3 Å². The van der Waals surface area contributed by atoms with Crippen molar-refractivity contribution in [3.05, 3.63) is 0 Å². The highest BCUT2D eigenvalue weighted by atomic mass is 16.5. The SMILES string of the molecule is CCOC(=O)NCCNC(=O)CC(C)C. The second kappa shape index (κ2) is 8.08. The smallest absolute Gasteiger partial charge is 0.407 e. The van der Waals surface area contributed by atoms with E-state index in [1.807, 2.05) is 13.8 Å². The van der Waals surface area contributed by atoms with Gasteiger partial charge in [-0.05, 0) is 12.8 Å². The Hall–Kier alpha value is -1.26. The maximum Gasteiger partial charge on any atom is 0.407 e. The number of hydrogen-bond donors (Lipinski definition) is 2. The van der Waals surface area contributed by atoms with E-state index in [0.29, 0.717) is 32.0 Å². The van der Waals surface area contributed by atoms with Crippen molar-refractivity contribution in [2.45, 2.75) is 27.2 Å². The molecule has 0 aliphatic heterocycles. The number of alkyl carbamates (subject to hydrolysis) is 1. The van der Waals surface area contributed by atoms with E-state index in [4.69, 9.17) is 0 Å². The van der Waals surface area contributed by atoms with Crippen LogP contribution in [0, 0.1) is 5.92 Å². The van der Waals surface area contributed by atoms with Gasteiger partial charge in [-0.15, -0.1) is 0 Å². The third kappa shape index (κ3) is 9.05. The predicted octanol–water partition coefficient (Wildman–Crippen LogP) is 0.895. The normalized spacial score (nSPS) is 9.87. The Bertz CT molecular complexity index is 205. The molecule has 0 bridgehead atoms. The van der Waals surface area contributed by atoms with E-state index in [0.717, 1.165) is 0 Å². The molecule has 2 amide bonds. The highest BCUT2D eigenvalue weighted by molar-refractivity contribution is 5.76. The maximum absolute atomic E-state index is 11.2. The molecule has 0 atom stereocenters. The van der Waals surface area contributed by atoms with Gasteiger partial charge in [-0.3, -0.25) is 4.79 Å². The monoisotopic (exact) mass is 216 g/mol. The van der Waals surface area contributed by atoms with E-state index in [2.05, 4.69) is 15.4 Å². The first kappa shape index (κ1) is 13.7. The van der Waals surface area contributed by atoms with Crippen molar-refractivity contribution in [1.82, 2.24) is 10.6 Å². The van der Waals surface area contributed by atoms with E-state index in [-0.39, 0.29) is 5.91 Å². The Labute approximate surface area is 90.6 Å². The molecule has 5 nitrogen and oxygen atoms in total. The van der Waals surface area contributed by atoms with Crippen molar-refractivity contribution in [2.24, 2.45) is 5.92 Å². The minimum Gasteiger partial charge on any atom is -0.450 e. The zero-order valence-corrected chi connectivity index (χ0v) is 9.63. The second-order valence-electron chi connectivity index (χ2n) is 3.60. The quantitative estimate of drug-likeness (QED) is 0.648. The topological polar surface area (TPSA) is 67.4 Å². The fraction of sp³-hybridized carbons (Fsp3) is 0.800. The van der Waals surface area contributed by atoms with Crippen LogP contribution in [0.15, 0.2) is 0 Å². The van der Waals surface area contributed by atoms with Gasteiger partial charge in [0, 0.05) is 19.5 Å². The van der Waals surface area contributed by atoms with Gasteiger partial charge >= 0.3 is 6.09 Å². The van der Waals surface area contributed by atoms with Crippen molar-refractivity contribution in [3.63, 3.8) is 0 Å². The molecule has 0 aliphatic carbocycles. The fourth-order valence-corrected chi connectivity index (χ4v) is 0.992. The molecule has 0 saturated heterocycles. The molecule has 0 unspecified atom stereocenters. The number of nitrogens with one attached hydrogen (secondary N) is 2. The van der Waals surface area contributed by atoms with Crippen LogP contribution in [0.25, 0.3) is 0 Å². The lowest BCUT2D eigenvalue weighted by atomic mass is 10.1. The summed E-state index contributed by atoms with van der Waals surface area (Å²) in [6, 6.07) is 0. The first-order chi connectivity index (χ1) is 7.06. The number of carbonyl (C=O) groups excluding carboxylic acids is 2. The third-order valence-corrected chi connectivity index (χ3v) is 1.59. The van der Waals surface area contributed by atoms with Gasteiger partial charge in [0.25, 0.3) is 0 Å². The molecule has 0 aromatic carbocycles. The number of amides is 2. The molecule has 5 heteroatoms. The molecule has 0 radical (unpaired) electrons. The Morgan fingerprint density at radius 1 is 1.20 bits per heavy atom. The maximum atomic E-state index is 11.2. The first-order valence-electron chi connectivity index (χ1n) is 5.23. The zero-order chi connectivity index (χ0) is 11.7. The largest absolute Gasteiger partial charge is 0.450 e. The van der Waals surface area contributed by atoms with Gasteiger partial charge in [-0.1, -0.05) is 13.8 Å². The second-order valence-corrected chi connectivity index (χ2v) is 3.60. The molecule has 0 spiro atoms. The molecular weight excluding hydrogens is 196 g/mol. The summed E-state index contributed by atoms with van der Waals surface area (Å²) < 4.78 is 4.65. The van der Waals surface area contributed by atoms with Crippen LogP contribution in [0.5, 0.6) is 0 Å². The van der Waals surface area contributed by atoms with Gasteiger partial charge in [0.1, 0.15) is 0 Å². The fourth-order valence-electron chi connectivity index (χ4n) is 0.992. The standard InChI is InChI=1S/C10H20N2O3/c1-4-15-10(14)12-6-5-11-9(13)7-8(2)3/h8H,4-7H2,1-3H3,(H,11,13)(H,12,14). The summed E-state index contributed by atoms with van der Waals surface area (Å²) in [5.41, 5.74) is 0. The average Bonchev–Trinajstić information content (AvgIpc) is 2.12. The van der Waals surface area contributed by atoms with Gasteiger partial charge in [0.2, 0.25) is 5.91 Å². The molecule has 2 N–H and O–H groups in total. The van der Waals surface area contributed by atoms with Crippen LogP contribution in [-0.4, -0.2) is 31.7 Å². The Kier molecular flexibility index (Phi) is 7.40. The predicted molar refractivity (Wildman–Crippen MR) is 57.5 cm³/mol. The van der Waals surface area contributed by atoms with E-state index >= 15 is 0 Å². The van der Waals surface area contributed by atoms with Gasteiger partial charge < -0.3 is 15.4 Å². The summed E-state index contributed by atoms with van der Waals surface area (Å²) in [6.45, 7) is 6.88. The van der Waals surface area contributed by atoms with Crippen molar-refractivity contribution in [3.8, 4) is 0 Å². The Morgan fingerprint density at radius 2 is 1.80 bits per heavy atom. The van der Waals surface area contributed by atoms with E-state index in [1.165, 1.54) is 0 Å². The van der Waals surface area contributed by atoms with Crippen LogP contribution < -0.4 is 10.6 Å². The molecule has 0 aromatic heterocycles. The number of carbonyl (C=O) groups is 2. The minimum absolute atomic E-state index is 0.00987. The van der Waals surface area contributed by atoms with Crippen molar-refractivity contribution >= 4 is 12.0 Å². The minimum atomic E-state index is -0.449. The number of hydrogen-bond acceptors (Lipinski definition) is 3. The van der Waals surface area contributed by atoms with Gasteiger partial charge in [0.15, 0.2) is 0 Å². The van der Waals surface area contributed by atoms with Gasteiger partial charge in [0.05, 0.1) is 6.61 Å². The van der Waals surface area contributed by atoms with Crippen LogP contribution in [0.1, 0.15) is 27.2 Å². The van der Waals surface area contributed by atoms with E-state index < -0.39 is 6.09 Å². The van der Waals surface area contributed by atoms with Crippen LogP contribution in [0.4, 0.5) is 4.79 Å². The summed E-state index contributed by atoms with van der Waals surface area (Å²) in [5, 5.41) is 5.22. The summed E-state index contributed by atoms with van der Waals surface area (Å²) in [7, 11) is 0. The highest BCUT2D eigenvalue weighted by Crippen LogP contribution is 1.97. The molecule has 0 aliphatic rings. The zero-order valence-electron chi connectivity index (χ0n) is 9.63. The van der Waals surface area contributed by atoms with Crippen LogP contribution in [0.2, 0.25) is 0 Å². The van der Waals surface area contributed by atoms with Gasteiger partial charge in [-0.25, -0.2) is 4.79 Å². The van der Waals surface area contributed by atoms with Gasteiger partial charge in [-0.2, -0.15) is 0 Å². The third-order valence-electron chi connectivity index (χ3n) is 1.59. The summed E-state index contributed by atoms with van der Waals surface area (Å²) in [5.74, 6) is 0.360. The molecule has 0 rings (SSSR count). The lowest BCUT2D eigenvalue weighted by molar-refractivity contribution is -0.121. The summed E-state index contributed by atoms with van der Waals surface area (Å²) in [6.07, 6.45) is 0.0648. The molecule has 0 heterocycles. The molecule has 88 valence electrons. The molecule has 0 saturated carbocycles. The average molecular weight is 216 g/mol. The number of ether oxygens (including phenoxy) is 1. The lowest BCUT2D eigenvalue weighted by Crippen LogP contribution is -2.35. The Morgan fingerprint density at radius 3 is 2.33 bits per heavy atom.